The number of nitrogens with zero attached hydrogens (tertiary/aromatic N) is 5. The van der Waals surface area contributed by atoms with Gasteiger partial charge in [0.25, 0.3) is 25.8 Å². The van der Waals surface area contributed by atoms with Gasteiger partial charge in [-0.1, -0.05) is 48.4 Å². The number of ether oxygens (including phenoxy) is 1. The molecule has 7 aromatic carbocycles. The van der Waals surface area contributed by atoms with E-state index in [9.17, 15) is 70.9 Å². The maximum absolute atomic E-state index is 15.8. The van der Waals surface area contributed by atoms with Gasteiger partial charge in [0.1, 0.15) is 22.1 Å². The zero-order chi connectivity index (χ0) is 82.4. The summed E-state index contributed by atoms with van der Waals surface area (Å²) in [6, 6.07) is 34.8. The Hall–Kier alpha value is -7.48. The van der Waals surface area contributed by atoms with Crippen molar-refractivity contribution in [2.45, 2.75) is 115 Å². The second-order valence-electron chi connectivity index (χ2n) is 28.9. The van der Waals surface area contributed by atoms with E-state index >= 15 is 4.39 Å². The van der Waals surface area contributed by atoms with Gasteiger partial charge >= 0.3 is 19.1 Å². The number of halogens is 9. The third kappa shape index (κ3) is 21.3. The lowest BCUT2D eigenvalue weighted by Crippen LogP contribution is -2.72. The normalized spacial score (nSPS) is 16.9. The Morgan fingerprint density at radius 2 is 1.43 bits per heavy atom. The fraction of sp³-hybridized carbons (Fsp3) is 0.385. The van der Waals surface area contributed by atoms with Gasteiger partial charge in [-0.15, -0.1) is 11.8 Å². The Labute approximate surface area is 680 Å². The number of piperazine rings is 1. The number of benzene rings is 7. The van der Waals surface area contributed by atoms with Crippen LogP contribution in [0.4, 0.5) is 64.9 Å². The van der Waals surface area contributed by atoms with Gasteiger partial charge in [-0.25, -0.2) is 42.8 Å². The predicted molar refractivity (Wildman–Crippen MR) is 436 cm³/mol. The number of sulfonamides is 1. The molecular formula is C78H87ClF7IN9O13PS4. The van der Waals surface area contributed by atoms with Crippen LogP contribution in [0.1, 0.15) is 80.9 Å². The first-order valence-electron chi connectivity index (χ1n) is 36.7. The maximum Gasteiger partial charge on any atom is 0.501 e. The topological polar surface area (TPSA) is 290 Å². The number of aromatic nitrogens is 1. The fourth-order valence-electron chi connectivity index (χ4n) is 14.6. The quantitative estimate of drug-likeness (QED) is 0.00629. The van der Waals surface area contributed by atoms with Crippen LogP contribution in [-0.4, -0.2) is 180 Å². The Morgan fingerprint density at radius 1 is 0.772 bits per heavy atom. The van der Waals surface area contributed by atoms with Gasteiger partial charge in [-0.2, -0.15) is 13.2 Å². The lowest BCUT2D eigenvalue weighted by Gasteiger charge is -2.51. The van der Waals surface area contributed by atoms with Crippen LogP contribution in [-0.2, 0) is 43.8 Å². The molecule has 614 valence electrons. The first-order valence-corrected chi connectivity index (χ1v) is 45.8. The highest BCUT2D eigenvalue weighted by Crippen LogP contribution is 2.46. The number of sulfone groups is 2. The molecule has 1 amide bonds. The van der Waals surface area contributed by atoms with Gasteiger partial charge in [0.05, 0.1) is 69.9 Å². The van der Waals surface area contributed by atoms with Gasteiger partial charge in [0.2, 0.25) is 0 Å². The number of esters is 1. The van der Waals surface area contributed by atoms with Crippen molar-refractivity contribution in [1.82, 2.24) is 19.7 Å². The summed E-state index contributed by atoms with van der Waals surface area (Å²) in [6.45, 7) is 9.57. The van der Waals surface area contributed by atoms with E-state index in [0.717, 1.165) is 55.2 Å². The molecule has 12 rings (SSSR count). The molecule has 0 radical (unpaired) electrons. The lowest BCUT2D eigenvalue weighted by atomic mass is 9.81. The van der Waals surface area contributed by atoms with E-state index in [1.54, 1.807) is 55.5 Å². The number of rotatable bonds is 27. The minimum atomic E-state index is -6.13. The highest BCUT2D eigenvalue weighted by Gasteiger charge is 2.51. The number of carbonyl (C=O) groups is 2. The average molecular weight is 1810 g/mol. The molecule has 0 aliphatic carbocycles. The monoisotopic (exact) mass is 1810 g/mol. The number of thioether (sulfide) groups is 1. The Bertz CT molecular complexity index is 5210. The molecule has 114 heavy (non-hydrogen) atoms. The Morgan fingerprint density at radius 3 is 2.04 bits per heavy atom. The summed E-state index contributed by atoms with van der Waals surface area (Å²) in [5.41, 5.74) is -4.05. The minimum Gasteiger partial charge on any atom is -0.465 e. The third-order valence-electron chi connectivity index (χ3n) is 20.4. The first kappa shape index (κ1) is 87.4. The van der Waals surface area contributed by atoms with Crippen LogP contribution in [0.25, 0.3) is 22.4 Å². The van der Waals surface area contributed by atoms with E-state index in [0.29, 0.717) is 119 Å². The molecule has 7 N–H and O–H groups in total. The van der Waals surface area contributed by atoms with Crippen LogP contribution >= 0.6 is 53.5 Å². The molecule has 22 nitrogen and oxygen atoms in total. The van der Waals surface area contributed by atoms with E-state index in [4.69, 9.17) is 26.1 Å². The number of amides is 1. The summed E-state index contributed by atoms with van der Waals surface area (Å²) in [4.78, 5) is 50.2. The molecule has 1 aromatic heterocycles. The molecule has 8 aromatic rings. The predicted octanol–water partition coefficient (Wildman–Crippen LogP) is 14.9. The molecular weight excluding hydrogens is 1730 g/mol. The molecule has 4 fully saturated rings. The van der Waals surface area contributed by atoms with Gasteiger partial charge in [-0.3, -0.25) is 18.9 Å². The number of hydrogen-bond donors (Lipinski definition) is 7. The summed E-state index contributed by atoms with van der Waals surface area (Å²) >= 11 is 9.57. The third-order valence-corrected chi connectivity index (χ3v) is 27.5. The van der Waals surface area contributed by atoms with Crippen molar-refractivity contribution < 1.29 is 89.8 Å². The van der Waals surface area contributed by atoms with E-state index in [1.165, 1.54) is 59.1 Å². The number of nitrogens with one attached hydrogen (secondary N) is 4. The minimum absolute atomic E-state index is 0.0139. The molecule has 0 spiro atoms. The molecule has 4 aliphatic rings. The highest BCUT2D eigenvalue weighted by atomic mass is 127. The zero-order valence-corrected chi connectivity index (χ0v) is 69.5. The van der Waals surface area contributed by atoms with Crippen LogP contribution in [0.15, 0.2) is 165 Å². The molecule has 4 saturated heterocycles. The summed E-state index contributed by atoms with van der Waals surface area (Å²) in [7, 11) is -18.9. The second-order valence-corrected chi connectivity index (χ2v) is 39.0. The molecule has 2 atom stereocenters. The van der Waals surface area contributed by atoms with E-state index in [-0.39, 0.29) is 65.8 Å². The summed E-state index contributed by atoms with van der Waals surface area (Å²) in [6.07, 6.45) is 4.79. The number of hydrogen-bond acceptors (Lipinski definition) is 18. The number of aliphatic hydroxyl groups is 1. The summed E-state index contributed by atoms with van der Waals surface area (Å²) < 4.78 is 205. The number of carbonyl (C=O) groups excluding carboxylic acids is 2. The van der Waals surface area contributed by atoms with Crippen LogP contribution in [0, 0.1) is 39.7 Å². The zero-order valence-electron chi connectivity index (χ0n) is 62.5. The van der Waals surface area contributed by atoms with Crippen molar-refractivity contribution in [3.63, 3.8) is 0 Å². The standard InChI is InChI=1S/C57H66ClF4N6O11PS4.C21H21F3IN3O2/c1-38(2)68-39(3)55(82(4,73)74)53(54(68)40-11-13-43(58)14-12-40)42-33-44(59)35-48(34-42)67-29-27-66(28-30-67)47-17-15-45(16-18-47)64-84(77,78)50-19-20-51(52(36-50)83(75,76)57(60,61)62)63-46(37-81-49-9-6-5-7-10-49)23-26-65-24-21-41(22-25-65)56(69)79-31-8-32-80(70,71)72;22-14-6-5-13(19(18(14)24)27-16-7-4-12(25)9-15(16)23)20(29)28-10-21(30,11-28)17-3-1-2-8-26-17/h5-7,9-20,33-36,38,41,46,63-64H,8,21-32,37H2,1-4H3,(H2,70,71,72);4-7,9,17,26-27,30H,1-3,8,10-11H2/t;17-/m.0/s1. The average Bonchev–Trinajstić information content (AvgIpc) is 1.52. The number of piperidine rings is 2. The number of alkyl halides is 3. The van der Waals surface area contributed by atoms with Crippen molar-refractivity contribution >= 4 is 129 Å². The number of anilines is 6. The fourth-order valence-corrected chi connectivity index (χ4v) is 20.1. The summed E-state index contributed by atoms with van der Waals surface area (Å²) in [5.74, 6) is -4.80. The highest BCUT2D eigenvalue weighted by molar-refractivity contribution is 14.1. The van der Waals surface area contributed by atoms with Crippen LogP contribution in [0.2, 0.25) is 5.02 Å². The van der Waals surface area contributed by atoms with Crippen LogP contribution in [0.3, 0.4) is 0 Å². The molecule has 4 aliphatic heterocycles. The molecule has 1 unspecified atom stereocenters. The Balaban J connectivity index is 0.000000354. The molecule has 0 bridgehead atoms. The van der Waals surface area contributed by atoms with Gasteiger partial charge < -0.3 is 59.7 Å². The molecule has 5 heterocycles. The lowest BCUT2D eigenvalue weighted by molar-refractivity contribution is -0.150. The van der Waals surface area contributed by atoms with Crippen LogP contribution in [0.5, 0.6) is 0 Å². The molecule has 36 heteroatoms. The van der Waals surface area contributed by atoms with Crippen molar-refractivity contribution in [2.75, 3.05) is 115 Å². The van der Waals surface area contributed by atoms with Crippen molar-refractivity contribution in [1.29, 1.82) is 0 Å². The molecule has 0 saturated carbocycles. The second kappa shape index (κ2) is 36.6. The van der Waals surface area contributed by atoms with Crippen molar-refractivity contribution in [2.24, 2.45) is 5.92 Å². The van der Waals surface area contributed by atoms with Crippen molar-refractivity contribution in [3.05, 3.63) is 189 Å². The number of likely N-dealkylation sites (tertiary alicyclic amines) is 2. The van der Waals surface area contributed by atoms with E-state index in [2.05, 4.69) is 25.6 Å². The summed E-state index contributed by atoms with van der Waals surface area (Å²) in [5, 5.41) is 20.1. The maximum atomic E-state index is 15.8. The first-order chi connectivity index (χ1) is 53.8. The van der Waals surface area contributed by atoms with E-state index in [1.807, 2.05) is 81.1 Å². The van der Waals surface area contributed by atoms with Crippen LogP contribution < -0.4 is 30.5 Å². The SMILES string of the molecule is Cc1c(S(C)(=O)=O)c(-c2cc(F)cc(N3CCN(c4ccc(NS(=O)(=O)c5ccc(NC(CCN6CCC(C(=O)OCCCP(=O)(O)O)CC6)CSc6ccccc6)c(S(=O)(=O)C(F)(F)F)c5)cc4)CC3)c2)c(-c2ccc(Cl)cc2)n1C(C)C.O=C(c1ccc(F)c(F)c1Nc1ccc(I)cc1F)N1CC(O)([C@@H]2CCCCN2)C1. The number of β-amino-alcohol motifs (C(OH)–C–C–N with tert-alkyl or cyclic N) is 1. The van der Waals surface area contributed by atoms with E-state index < -0.39 is 123 Å². The largest absolute Gasteiger partial charge is 0.501 e. The van der Waals surface area contributed by atoms with Gasteiger partial charge in [0, 0.05) is 105 Å². The van der Waals surface area contributed by atoms with Gasteiger partial charge in [-0.05, 0) is 228 Å². The smallest absolute Gasteiger partial charge is 0.465 e. The van der Waals surface area contributed by atoms with Gasteiger partial charge in [0.15, 0.2) is 21.5 Å². The van der Waals surface area contributed by atoms with Crippen molar-refractivity contribution in [3.8, 4) is 22.4 Å². The Kier molecular flexibility index (Phi) is 28.0.